The number of aromatic nitrogens is 1. The molecule has 0 spiro atoms. The highest BCUT2D eigenvalue weighted by Crippen LogP contribution is 2.13. The zero-order valence-corrected chi connectivity index (χ0v) is 16.1. The van der Waals surface area contributed by atoms with Crippen LogP contribution in [0.4, 0.5) is 0 Å². The standard InChI is InChI=1S/C21H23N3O5/c1-14(23-19(26)15-7-3-2-4-8-15)21(28)29-13-18(25)16-11-17(22-12-16)20(27)24-9-5-6-10-24/h2-4,7-8,11-12,14,22H,5-6,9-10,13H2,1H3,(H,23,26)/t14-/m0/s1. The molecule has 8 heteroatoms. The van der Waals surface area contributed by atoms with Gasteiger partial charge in [-0.2, -0.15) is 0 Å². The number of likely N-dealkylation sites (tertiary alicyclic amines) is 1. The number of aromatic amines is 1. The molecule has 3 rings (SSSR count). The number of ketones is 1. The van der Waals surface area contributed by atoms with E-state index in [2.05, 4.69) is 10.3 Å². The molecule has 2 N–H and O–H groups in total. The van der Waals surface area contributed by atoms with Gasteiger partial charge in [0.15, 0.2) is 6.61 Å². The number of amides is 2. The summed E-state index contributed by atoms with van der Waals surface area (Å²) in [5, 5.41) is 2.53. The maximum Gasteiger partial charge on any atom is 0.328 e. The number of hydrogen-bond acceptors (Lipinski definition) is 5. The van der Waals surface area contributed by atoms with Crippen LogP contribution in [0.25, 0.3) is 0 Å². The molecule has 1 saturated heterocycles. The van der Waals surface area contributed by atoms with Crippen LogP contribution in [0.2, 0.25) is 0 Å². The number of nitrogens with one attached hydrogen (secondary N) is 2. The van der Waals surface area contributed by atoms with Crippen LogP contribution in [0.5, 0.6) is 0 Å². The van der Waals surface area contributed by atoms with Crippen LogP contribution in [-0.4, -0.2) is 59.2 Å². The molecule has 1 aromatic heterocycles. The lowest BCUT2D eigenvalue weighted by molar-refractivity contribution is -0.144. The van der Waals surface area contributed by atoms with Crippen molar-refractivity contribution in [1.29, 1.82) is 0 Å². The first-order valence-electron chi connectivity index (χ1n) is 9.49. The minimum atomic E-state index is -0.908. The Morgan fingerprint density at radius 1 is 1.10 bits per heavy atom. The molecule has 1 atom stereocenters. The number of carbonyl (C=O) groups is 4. The molecule has 2 heterocycles. The highest BCUT2D eigenvalue weighted by Gasteiger charge is 2.23. The van der Waals surface area contributed by atoms with E-state index in [4.69, 9.17) is 4.74 Å². The molecule has 152 valence electrons. The third-order valence-corrected chi connectivity index (χ3v) is 4.71. The summed E-state index contributed by atoms with van der Waals surface area (Å²) in [4.78, 5) is 53.3. The van der Waals surface area contributed by atoms with E-state index in [0.29, 0.717) is 24.3 Å². The number of nitrogens with zero attached hydrogens (tertiary/aromatic N) is 1. The Bertz CT molecular complexity index is 900. The predicted molar refractivity (Wildman–Crippen MR) is 105 cm³/mol. The maximum absolute atomic E-state index is 12.3. The van der Waals surface area contributed by atoms with Crippen LogP contribution in [0.3, 0.4) is 0 Å². The van der Waals surface area contributed by atoms with Gasteiger partial charge in [-0.25, -0.2) is 4.79 Å². The van der Waals surface area contributed by atoms with Gasteiger partial charge in [-0.3, -0.25) is 14.4 Å². The van der Waals surface area contributed by atoms with Crippen LogP contribution in [0.1, 0.15) is 51.0 Å². The van der Waals surface area contributed by atoms with Crippen LogP contribution >= 0.6 is 0 Å². The van der Waals surface area contributed by atoms with Gasteiger partial charge in [-0.05, 0) is 38.0 Å². The maximum atomic E-state index is 12.3. The smallest absolute Gasteiger partial charge is 0.328 e. The van der Waals surface area contributed by atoms with Gasteiger partial charge in [0.1, 0.15) is 11.7 Å². The van der Waals surface area contributed by atoms with Crippen molar-refractivity contribution in [2.75, 3.05) is 19.7 Å². The fraction of sp³-hybridized carbons (Fsp3) is 0.333. The molecule has 0 saturated carbocycles. The van der Waals surface area contributed by atoms with Crippen molar-refractivity contribution in [3.63, 3.8) is 0 Å². The molecule has 8 nitrogen and oxygen atoms in total. The van der Waals surface area contributed by atoms with Crippen molar-refractivity contribution < 1.29 is 23.9 Å². The Balaban J connectivity index is 1.49. The third-order valence-electron chi connectivity index (χ3n) is 4.71. The summed E-state index contributed by atoms with van der Waals surface area (Å²) in [6.07, 6.45) is 3.39. The number of hydrogen-bond donors (Lipinski definition) is 2. The van der Waals surface area contributed by atoms with E-state index in [9.17, 15) is 19.2 Å². The lowest BCUT2D eigenvalue weighted by Crippen LogP contribution is -2.40. The molecule has 1 aliphatic heterocycles. The van der Waals surface area contributed by atoms with Gasteiger partial charge in [0.05, 0.1) is 0 Å². The summed E-state index contributed by atoms with van der Waals surface area (Å²) in [5.41, 5.74) is 1.03. The number of rotatable bonds is 7. The zero-order chi connectivity index (χ0) is 20.8. The number of carbonyl (C=O) groups excluding carboxylic acids is 4. The lowest BCUT2D eigenvalue weighted by Gasteiger charge is -2.13. The van der Waals surface area contributed by atoms with E-state index in [0.717, 1.165) is 12.8 Å². The van der Waals surface area contributed by atoms with Crippen molar-refractivity contribution in [2.24, 2.45) is 0 Å². The Morgan fingerprint density at radius 2 is 1.79 bits per heavy atom. The minimum Gasteiger partial charge on any atom is -0.456 e. The van der Waals surface area contributed by atoms with E-state index in [-0.39, 0.29) is 11.5 Å². The molecule has 2 amide bonds. The molecule has 1 fully saturated rings. The predicted octanol–water partition coefficient (Wildman–Crippen LogP) is 1.80. The molecule has 29 heavy (non-hydrogen) atoms. The van der Waals surface area contributed by atoms with Crippen LogP contribution in [0, 0.1) is 0 Å². The Hall–Kier alpha value is -3.42. The van der Waals surface area contributed by atoms with Crippen molar-refractivity contribution in [3.05, 3.63) is 59.4 Å². The van der Waals surface area contributed by atoms with E-state index < -0.39 is 30.3 Å². The van der Waals surface area contributed by atoms with E-state index >= 15 is 0 Å². The minimum absolute atomic E-state index is 0.143. The van der Waals surface area contributed by atoms with Gasteiger partial charge >= 0.3 is 5.97 Å². The van der Waals surface area contributed by atoms with Gasteiger partial charge in [-0.15, -0.1) is 0 Å². The van der Waals surface area contributed by atoms with Crippen molar-refractivity contribution in [2.45, 2.75) is 25.8 Å². The summed E-state index contributed by atoms with van der Waals surface area (Å²) >= 11 is 0. The second kappa shape index (κ2) is 9.18. The molecule has 0 radical (unpaired) electrons. The molecule has 2 aromatic rings. The summed E-state index contributed by atoms with van der Waals surface area (Å²) in [6, 6.07) is 9.04. The molecule has 0 unspecified atom stereocenters. The topological polar surface area (TPSA) is 109 Å². The summed E-state index contributed by atoms with van der Waals surface area (Å²) in [5.74, 6) is -1.70. The Labute approximate surface area is 168 Å². The van der Waals surface area contributed by atoms with Crippen molar-refractivity contribution >= 4 is 23.6 Å². The Kier molecular flexibility index (Phi) is 6.43. The summed E-state index contributed by atoms with van der Waals surface area (Å²) in [6.45, 7) is 2.44. The van der Waals surface area contributed by atoms with E-state index in [1.807, 2.05) is 0 Å². The number of H-pyrrole nitrogens is 1. The molecular weight excluding hydrogens is 374 g/mol. The molecule has 1 aromatic carbocycles. The molecule has 0 aliphatic carbocycles. The number of esters is 1. The van der Waals surface area contributed by atoms with Crippen molar-refractivity contribution in [3.8, 4) is 0 Å². The Morgan fingerprint density at radius 3 is 2.48 bits per heavy atom. The number of benzene rings is 1. The monoisotopic (exact) mass is 397 g/mol. The SMILES string of the molecule is C[C@H](NC(=O)c1ccccc1)C(=O)OCC(=O)c1c[nH]c(C(=O)N2CCCC2)c1. The normalized spacial score (nSPS) is 14.3. The fourth-order valence-corrected chi connectivity index (χ4v) is 3.04. The average molecular weight is 397 g/mol. The highest BCUT2D eigenvalue weighted by atomic mass is 16.5. The van der Waals surface area contributed by atoms with Crippen molar-refractivity contribution in [1.82, 2.24) is 15.2 Å². The van der Waals surface area contributed by atoms with Crippen LogP contribution in [-0.2, 0) is 9.53 Å². The summed E-state index contributed by atoms with van der Waals surface area (Å²) < 4.78 is 5.01. The average Bonchev–Trinajstić information content (AvgIpc) is 3.44. The largest absolute Gasteiger partial charge is 0.456 e. The van der Waals surface area contributed by atoms with E-state index in [1.165, 1.54) is 19.2 Å². The fourth-order valence-electron chi connectivity index (χ4n) is 3.04. The lowest BCUT2D eigenvalue weighted by atomic mass is 10.2. The van der Waals surface area contributed by atoms with Crippen LogP contribution in [0.15, 0.2) is 42.6 Å². The third kappa shape index (κ3) is 5.10. The van der Waals surface area contributed by atoms with Crippen LogP contribution < -0.4 is 5.32 Å². The second-order valence-electron chi connectivity index (χ2n) is 6.89. The first-order chi connectivity index (χ1) is 14.0. The van der Waals surface area contributed by atoms with Gasteiger partial charge in [0.2, 0.25) is 5.78 Å². The highest BCUT2D eigenvalue weighted by molar-refractivity contribution is 6.02. The quantitative estimate of drug-likeness (QED) is 0.547. The molecule has 0 bridgehead atoms. The van der Waals surface area contributed by atoms with E-state index in [1.54, 1.807) is 35.2 Å². The first kappa shape index (κ1) is 20.3. The van der Waals surface area contributed by atoms with Gasteiger partial charge in [0.25, 0.3) is 11.8 Å². The number of Topliss-reactive ketones (excluding diaryl/α,β-unsaturated/α-hetero) is 1. The first-order valence-corrected chi connectivity index (χ1v) is 9.49. The summed E-state index contributed by atoms with van der Waals surface area (Å²) in [7, 11) is 0. The van der Waals surface area contributed by atoms with Gasteiger partial charge in [-0.1, -0.05) is 18.2 Å². The number of ether oxygens (including phenoxy) is 1. The molecular formula is C21H23N3O5. The second-order valence-corrected chi connectivity index (χ2v) is 6.89. The molecule has 1 aliphatic rings. The zero-order valence-electron chi connectivity index (χ0n) is 16.1. The van der Waals surface area contributed by atoms with Gasteiger partial charge < -0.3 is 19.9 Å². The van der Waals surface area contributed by atoms with Gasteiger partial charge in [0, 0.05) is 30.4 Å².